The molecule has 0 aliphatic carbocycles. The highest BCUT2D eigenvalue weighted by Crippen LogP contribution is 2.46. The van der Waals surface area contributed by atoms with Gasteiger partial charge in [0.2, 0.25) is 0 Å². The molecule has 10 heteroatoms. The number of para-hydroxylation sites is 1. The van der Waals surface area contributed by atoms with Gasteiger partial charge in [0.25, 0.3) is 30.1 Å². The third-order valence-electron chi connectivity index (χ3n) is 8.55. The molecular formula is C34H18N2O8. The van der Waals surface area contributed by atoms with E-state index in [4.69, 9.17) is 4.74 Å². The number of carbonyl (C=O) groups is 6. The molecule has 0 spiro atoms. The predicted octanol–water partition coefficient (Wildman–Crippen LogP) is 4.89. The molecule has 10 nitrogen and oxygen atoms in total. The molecule has 6 aromatic carbocycles. The Morgan fingerprint density at radius 1 is 0.636 bits per heavy atom. The van der Waals surface area contributed by atoms with E-state index in [9.17, 15) is 33.9 Å². The van der Waals surface area contributed by atoms with Crippen LogP contribution in [0.2, 0.25) is 0 Å². The van der Waals surface area contributed by atoms with Crippen molar-refractivity contribution in [2.75, 3.05) is 11.4 Å². The number of nitrogens with zero attached hydrogens (tertiary/aromatic N) is 2. The summed E-state index contributed by atoms with van der Waals surface area (Å²) in [4.78, 5) is 78.6. The highest BCUT2D eigenvalue weighted by molar-refractivity contribution is 6.43. The number of fused-ring (bicyclic) bond motifs is 2. The first-order chi connectivity index (χ1) is 21.3. The van der Waals surface area contributed by atoms with E-state index >= 15 is 0 Å². The summed E-state index contributed by atoms with van der Waals surface area (Å²) >= 11 is 0. The summed E-state index contributed by atoms with van der Waals surface area (Å²) < 4.78 is 4.93. The molecule has 0 unspecified atom stereocenters. The second-order valence-corrected chi connectivity index (χ2v) is 10.7. The first kappa shape index (κ1) is 25.5. The lowest BCUT2D eigenvalue weighted by atomic mass is 9.82. The van der Waals surface area contributed by atoms with Gasteiger partial charge in [-0.25, -0.2) is 4.90 Å². The number of carbonyl (C=O) groups excluding carboxylic acids is 5. The Balaban J connectivity index is 1.39. The molecule has 6 aromatic rings. The summed E-state index contributed by atoms with van der Waals surface area (Å²) in [6.45, 7) is -0.552. The molecule has 0 fully saturated rings. The Kier molecular flexibility index (Phi) is 5.18. The van der Waals surface area contributed by atoms with Crippen LogP contribution in [0.3, 0.4) is 0 Å². The Bertz CT molecular complexity index is 2240. The van der Waals surface area contributed by atoms with Crippen LogP contribution in [0.15, 0.2) is 72.8 Å². The van der Waals surface area contributed by atoms with Crippen molar-refractivity contribution in [3.63, 3.8) is 0 Å². The maximum Gasteiger partial charge on any atom is 0.323 e. The summed E-state index contributed by atoms with van der Waals surface area (Å²) in [6.07, 6.45) is 0. The van der Waals surface area contributed by atoms with Crippen LogP contribution in [0.4, 0.5) is 5.69 Å². The molecule has 2 aliphatic rings. The zero-order valence-electron chi connectivity index (χ0n) is 22.6. The minimum absolute atomic E-state index is 0.110. The summed E-state index contributed by atoms with van der Waals surface area (Å²) in [5.74, 6) is -3.69. The number of ether oxygens (including phenoxy) is 1. The first-order valence-electron chi connectivity index (χ1n) is 13.6. The average molecular weight is 583 g/mol. The molecule has 8 rings (SSSR count). The zero-order valence-corrected chi connectivity index (χ0v) is 22.6. The number of rotatable bonds is 6. The van der Waals surface area contributed by atoms with E-state index in [1.807, 2.05) is 0 Å². The second-order valence-electron chi connectivity index (χ2n) is 10.7. The van der Waals surface area contributed by atoms with Gasteiger partial charge in [-0.2, -0.15) is 0 Å². The van der Waals surface area contributed by atoms with Crippen LogP contribution in [0, 0.1) is 0 Å². The van der Waals surface area contributed by atoms with E-state index in [1.165, 1.54) is 0 Å². The number of amides is 4. The summed E-state index contributed by atoms with van der Waals surface area (Å²) in [6, 6.07) is 20.4. The third kappa shape index (κ3) is 3.19. The van der Waals surface area contributed by atoms with Gasteiger partial charge in [-0.05, 0) is 62.6 Å². The Labute approximate surface area is 246 Å². The molecule has 0 atom stereocenters. The van der Waals surface area contributed by atoms with Crippen molar-refractivity contribution in [1.29, 1.82) is 0 Å². The number of hydrogen-bond donors (Lipinski definition) is 1. The van der Waals surface area contributed by atoms with Gasteiger partial charge in [0.05, 0.1) is 5.69 Å². The van der Waals surface area contributed by atoms with Gasteiger partial charge in [0.15, 0.2) is 0 Å². The molecular weight excluding hydrogens is 564 g/mol. The Morgan fingerprint density at radius 2 is 1.09 bits per heavy atom. The van der Waals surface area contributed by atoms with Crippen LogP contribution in [-0.2, 0) is 20.9 Å². The quantitative estimate of drug-likeness (QED) is 0.127. The van der Waals surface area contributed by atoms with Gasteiger partial charge < -0.3 is 9.84 Å². The summed E-state index contributed by atoms with van der Waals surface area (Å²) in [7, 11) is 0. The lowest BCUT2D eigenvalue weighted by molar-refractivity contribution is -0.137. The number of aliphatic carboxylic acids is 1. The number of benzene rings is 6. The molecule has 0 bridgehead atoms. The molecule has 2 aliphatic heterocycles. The third-order valence-corrected chi connectivity index (χ3v) is 8.55. The maximum atomic E-state index is 14.0. The minimum Gasteiger partial charge on any atom is -0.480 e. The van der Waals surface area contributed by atoms with E-state index in [-0.39, 0.29) is 17.7 Å². The van der Waals surface area contributed by atoms with Crippen LogP contribution in [0.1, 0.15) is 47.0 Å². The number of hydrogen-bond acceptors (Lipinski definition) is 7. The van der Waals surface area contributed by atoms with E-state index in [1.54, 1.807) is 72.8 Å². The number of imide groups is 2. The Hall–Kier alpha value is -6.16. The summed E-state index contributed by atoms with van der Waals surface area (Å²) in [5.41, 5.74) is 1.93. The van der Waals surface area contributed by atoms with Crippen LogP contribution in [0.25, 0.3) is 43.1 Å². The normalized spacial score (nSPS) is 14.5. The van der Waals surface area contributed by atoms with Gasteiger partial charge in [-0.1, -0.05) is 42.5 Å². The predicted molar refractivity (Wildman–Crippen MR) is 159 cm³/mol. The lowest BCUT2D eigenvalue weighted by Gasteiger charge is -2.30. The van der Waals surface area contributed by atoms with Crippen LogP contribution < -0.4 is 4.90 Å². The molecule has 1 N–H and O–H groups in total. The summed E-state index contributed by atoms with van der Waals surface area (Å²) in [5, 5.41) is 14.5. The first-order valence-corrected chi connectivity index (χ1v) is 13.6. The fraction of sp³-hybridized carbons (Fsp3) is 0.0588. The zero-order chi connectivity index (χ0) is 30.4. The topological polar surface area (TPSA) is 138 Å². The van der Waals surface area contributed by atoms with E-state index in [0.29, 0.717) is 50.4 Å². The van der Waals surface area contributed by atoms with Crippen molar-refractivity contribution in [3.8, 4) is 0 Å². The van der Waals surface area contributed by atoms with Gasteiger partial charge in [0.1, 0.15) is 13.2 Å². The lowest BCUT2D eigenvalue weighted by Crippen LogP contribution is -2.43. The van der Waals surface area contributed by atoms with Crippen molar-refractivity contribution >= 4 is 84.8 Å². The van der Waals surface area contributed by atoms with E-state index in [0.717, 1.165) is 31.3 Å². The molecule has 212 valence electrons. The van der Waals surface area contributed by atoms with Crippen molar-refractivity contribution in [2.24, 2.45) is 0 Å². The number of anilines is 1. The van der Waals surface area contributed by atoms with Crippen molar-refractivity contribution in [2.45, 2.75) is 6.61 Å². The van der Waals surface area contributed by atoms with Gasteiger partial charge >= 0.3 is 5.97 Å². The highest BCUT2D eigenvalue weighted by Gasteiger charge is 2.38. The van der Waals surface area contributed by atoms with Crippen LogP contribution >= 0.6 is 0 Å². The molecule has 0 aromatic heterocycles. The monoisotopic (exact) mass is 582 g/mol. The SMILES string of the molecule is O=COCc1ccccc1N1C(=O)c2ccc3c4ccc5c6c(ccc(c7ccc(c2c37)C1=O)c64)C(=O)N(CC(=O)O)C5=O. The smallest absolute Gasteiger partial charge is 0.323 e. The van der Waals surface area contributed by atoms with Crippen molar-refractivity contribution in [1.82, 2.24) is 4.90 Å². The van der Waals surface area contributed by atoms with Crippen LogP contribution in [0.5, 0.6) is 0 Å². The minimum atomic E-state index is -1.30. The number of carboxylic acids is 1. The van der Waals surface area contributed by atoms with E-state index in [2.05, 4.69) is 0 Å². The molecule has 0 radical (unpaired) electrons. The standard InChI is InChI=1S/C34H18N2O8/c37-15-44-14-16-3-1-2-4-25(16)36-33(42)23-11-7-19-17-5-9-21-29-22(32(41)35(31(21)40)13-26(38)39)10-6-18(27(17)29)20-8-12-24(34(36)43)30(23)28(19)20/h1-12,15H,13-14H2,(H,38,39). The Morgan fingerprint density at radius 3 is 1.55 bits per heavy atom. The fourth-order valence-electron chi connectivity index (χ4n) is 6.79. The fourth-order valence-corrected chi connectivity index (χ4v) is 6.79. The van der Waals surface area contributed by atoms with Gasteiger partial charge in [-0.15, -0.1) is 0 Å². The molecule has 2 heterocycles. The van der Waals surface area contributed by atoms with Crippen molar-refractivity contribution < 1.29 is 38.6 Å². The average Bonchev–Trinajstić information content (AvgIpc) is 3.03. The number of carboxylic acid groups (broad SMARTS) is 1. The van der Waals surface area contributed by atoms with E-state index < -0.39 is 36.1 Å². The van der Waals surface area contributed by atoms with Gasteiger partial charge in [-0.3, -0.25) is 33.7 Å². The second kappa shape index (κ2) is 8.92. The highest BCUT2D eigenvalue weighted by atomic mass is 16.5. The van der Waals surface area contributed by atoms with Gasteiger partial charge in [0, 0.05) is 38.6 Å². The maximum absolute atomic E-state index is 14.0. The molecule has 4 amide bonds. The van der Waals surface area contributed by atoms with Crippen LogP contribution in [-0.4, -0.2) is 52.6 Å². The molecule has 0 saturated carbocycles. The largest absolute Gasteiger partial charge is 0.480 e. The molecule has 0 saturated heterocycles. The van der Waals surface area contributed by atoms with Crippen molar-refractivity contribution in [3.05, 3.63) is 101 Å². The molecule has 44 heavy (non-hydrogen) atoms.